The second-order valence-corrected chi connectivity index (χ2v) is 8.29. The molecular weight excluding hydrogens is 440 g/mol. The third kappa shape index (κ3) is 4.18. The molecule has 0 saturated carbocycles. The third-order valence-corrected chi connectivity index (χ3v) is 6.20. The molecule has 2 aromatic carbocycles. The number of rotatable bonds is 7. The highest BCUT2D eigenvalue weighted by Crippen LogP contribution is 2.30. The molecule has 4 rings (SSSR count). The molecule has 0 aliphatic heterocycles. The lowest BCUT2D eigenvalue weighted by molar-refractivity contribution is 0.304. The largest absolute Gasteiger partial charge is 0.487 e. The van der Waals surface area contributed by atoms with Crippen LogP contribution in [0.3, 0.4) is 0 Å². The number of benzene rings is 2. The average molecular weight is 467 g/mol. The van der Waals surface area contributed by atoms with Crippen molar-refractivity contribution in [3.8, 4) is 17.1 Å². The van der Waals surface area contributed by atoms with Crippen molar-refractivity contribution in [2.24, 2.45) is 7.05 Å². The van der Waals surface area contributed by atoms with Gasteiger partial charge in [0.25, 0.3) is 0 Å². The fourth-order valence-electron chi connectivity index (χ4n) is 4.11. The first kappa shape index (κ1) is 22.8. The van der Waals surface area contributed by atoms with Crippen molar-refractivity contribution in [1.29, 1.82) is 0 Å². The van der Waals surface area contributed by atoms with Crippen LogP contribution in [0.5, 0.6) is 5.75 Å². The molecule has 2 aromatic heterocycles. The zero-order valence-corrected chi connectivity index (χ0v) is 20.2. The van der Waals surface area contributed by atoms with Crippen LogP contribution in [0.2, 0.25) is 5.02 Å². The first-order chi connectivity index (χ1) is 15.8. The van der Waals surface area contributed by atoms with Gasteiger partial charge in [-0.15, -0.1) is 0 Å². The van der Waals surface area contributed by atoms with E-state index in [1.165, 1.54) is 14.9 Å². The molecule has 0 aliphatic carbocycles. The summed E-state index contributed by atoms with van der Waals surface area (Å²) in [4.78, 5) is 12.4. The average Bonchev–Trinajstić information content (AvgIpc) is 3.29. The van der Waals surface area contributed by atoms with Crippen LogP contribution >= 0.6 is 11.6 Å². The highest BCUT2D eigenvalue weighted by Gasteiger charge is 2.16. The number of halogens is 1. The summed E-state index contributed by atoms with van der Waals surface area (Å²) in [7, 11) is 1.57. The van der Waals surface area contributed by atoms with E-state index in [4.69, 9.17) is 16.3 Å². The molecule has 9 heteroatoms. The lowest BCUT2D eigenvalue weighted by atomic mass is 10.0. The van der Waals surface area contributed by atoms with Gasteiger partial charge >= 0.3 is 5.69 Å². The molecule has 0 aliphatic rings. The standard InChI is InChI=1S/C24H27ClN6O2/c1-6-17-9-8-10-22(31-24(32)29(5)27-28-31)20(17)14-33-23-12-11-18(13-21(23)25)30-16(4)19(7-2)15(3)26-30/h8-13H,6-7,14H2,1-5H3. The van der Waals surface area contributed by atoms with Crippen LogP contribution in [0.4, 0.5) is 0 Å². The molecule has 2 heterocycles. The van der Waals surface area contributed by atoms with Gasteiger partial charge < -0.3 is 4.74 Å². The second kappa shape index (κ2) is 9.23. The smallest absolute Gasteiger partial charge is 0.368 e. The van der Waals surface area contributed by atoms with E-state index in [2.05, 4.69) is 36.3 Å². The summed E-state index contributed by atoms with van der Waals surface area (Å²) in [5.74, 6) is 0.556. The maximum atomic E-state index is 12.4. The van der Waals surface area contributed by atoms with Gasteiger partial charge in [-0.1, -0.05) is 37.6 Å². The van der Waals surface area contributed by atoms with Gasteiger partial charge in [-0.05, 0) is 72.5 Å². The van der Waals surface area contributed by atoms with Crippen molar-refractivity contribution in [1.82, 2.24) is 29.6 Å². The molecule has 172 valence electrons. The van der Waals surface area contributed by atoms with E-state index in [9.17, 15) is 4.79 Å². The Morgan fingerprint density at radius 1 is 1.00 bits per heavy atom. The van der Waals surface area contributed by atoms with Gasteiger partial charge in [-0.2, -0.15) is 14.5 Å². The summed E-state index contributed by atoms with van der Waals surface area (Å²) in [6.07, 6.45) is 1.71. The second-order valence-electron chi connectivity index (χ2n) is 7.88. The quantitative estimate of drug-likeness (QED) is 0.409. The summed E-state index contributed by atoms with van der Waals surface area (Å²) in [6.45, 7) is 8.51. The summed E-state index contributed by atoms with van der Waals surface area (Å²) in [6, 6.07) is 11.4. The van der Waals surface area contributed by atoms with E-state index >= 15 is 0 Å². The van der Waals surface area contributed by atoms with Crippen molar-refractivity contribution in [3.63, 3.8) is 0 Å². The maximum absolute atomic E-state index is 12.4. The van der Waals surface area contributed by atoms with Gasteiger partial charge in [0.1, 0.15) is 12.4 Å². The molecule has 0 saturated heterocycles. The minimum absolute atomic E-state index is 0.237. The molecule has 33 heavy (non-hydrogen) atoms. The van der Waals surface area contributed by atoms with E-state index < -0.39 is 0 Å². The van der Waals surface area contributed by atoms with Crippen molar-refractivity contribution in [2.75, 3.05) is 0 Å². The van der Waals surface area contributed by atoms with Crippen LogP contribution in [0, 0.1) is 13.8 Å². The first-order valence-electron chi connectivity index (χ1n) is 10.9. The lowest BCUT2D eigenvalue weighted by Crippen LogP contribution is -2.23. The first-order valence-corrected chi connectivity index (χ1v) is 11.3. The number of ether oxygens (including phenoxy) is 1. The Kier molecular flexibility index (Phi) is 6.37. The zero-order chi connectivity index (χ0) is 23.7. The van der Waals surface area contributed by atoms with Crippen molar-refractivity contribution >= 4 is 11.6 Å². The number of hydrogen-bond donors (Lipinski definition) is 0. The number of nitrogens with zero attached hydrogens (tertiary/aromatic N) is 6. The van der Waals surface area contributed by atoms with Crippen molar-refractivity contribution < 1.29 is 4.74 Å². The van der Waals surface area contributed by atoms with E-state index in [0.29, 0.717) is 16.5 Å². The van der Waals surface area contributed by atoms with E-state index in [-0.39, 0.29) is 12.3 Å². The fraction of sp³-hybridized carbons (Fsp3) is 0.333. The van der Waals surface area contributed by atoms with Gasteiger partial charge in [0.05, 0.1) is 22.1 Å². The monoisotopic (exact) mass is 466 g/mol. The summed E-state index contributed by atoms with van der Waals surface area (Å²) >= 11 is 6.59. The van der Waals surface area contributed by atoms with E-state index in [1.807, 2.05) is 48.0 Å². The Hall–Kier alpha value is -3.39. The van der Waals surface area contributed by atoms with Gasteiger partial charge in [-0.25, -0.2) is 9.48 Å². The highest BCUT2D eigenvalue weighted by molar-refractivity contribution is 6.32. The molecule has 0 radical (unpaired) electrons. The fourth-order valence-corrected chi connectivity index (χ4v) is 4.34. The van der Waals surface area contributed by atoms with Gasteiger partial charge in [0.2, 0.25) is 0 Å². The number of aryl methyl sites for hydroxylation is 3. The molecule has 4 aromatic rings. The van der Waals surface area contributed by atoms with Gasteiger partial charge in [0.15, 0.2) is 0 Å². The SMILES string of the molecule is CCc1cccc(-n2nnn(C)c2=O)c1COc1ccc(-n2nc(C)c(CC)c2C)cc1Cl. The molecular formula is C24H27ClN6O2. The predicted octanol–water partition coefficient (Wildman–Crippen LogP) is 4.13. The number of aromatic nitrogens is 6. The Morgan fingerprint density at radius 3 is 2.39 bits per heavy atom. The van der Waals surface area contributed by atoms with Crippen LogP contribution in [-0.2, 0) is 26.5 Å². The molecule has 0 amide bonds. The molecule has 8 nitrogen and oxygen atoms in total. The van der Waals surface area contributed by atoms with Crippen LogP contribution < -0.4 is 10.4 Å². The molecule has 0 atom stereocenters. The van der Waals surface area contributed by atoms with Crippen LogP contribution in [-0.4, -0.2) is 29.6 Å². The van der Waals surface area contributed by atoms with Crippen LogP contribution in [0.1, 0.15) is 41.9 Å². The molecule has 0 unspecified atom stereocenters. The van der Waals surface area contributed by atoms with Gasteiger partial charge in [-0.3, -0.25) is 0 Å². The molecule has 0 spiro atoms. The van der Waals surface area contributed by atoms with Gasteiger partial charge in [0, 0.05) is 18.3 Å². The minimum Gasteiger partial charge on any atom is -0.487 e. The van der Waals surface area contributed by atoms with Crippen molar-refractivity contribution in [3.05, 3.63) is 80.0 Å². The van der Waals surface area contributed by atoms with Crippen LogP contribution in [0.15, 0.2) is 41.2 Å². The Labute approximate surface area is 197 Å². The van der Waals surface area contributed by atoms with Crippen molar-refractivity contribution in [2.45, 2.75) is 47.1 Å². The summed E-state index contributed by atoms with van der Waals surface area (Å²) in [5.41, 5.74) is 6.52. The zero-order valence-electron chi connectivity index (χ0n) is 19.5. The number of tetrazole rings is 1. The van der Waals surface area contributed by atoms with E-state index in [1.54, 1.807) is 7.05 Å². The normalized spacial score (nSPS) is 11.2. The Bertz CT molecular complexity index is 1370. The lowest BCUT2D eigenvalue weighted by Gasteiger charge is -2.15. The molecule has 0 fully saturated rings. The predicted molar refractivity (Wildman–Crippen MR) is 128 cm³/mol. The van der Waals surface area contributed by atoms with E-state index in [0.717, 1.165) is 41.0 Å². The highest BCUT2D eigenvalue weighted by atomic mass is 35.5. The summed E-state index contributed by atoms with van der Waals surface area (Å²) < 4.78 is 10.5. The minimum atomic E-state index is -0.316. The Balaban J connectivity index is 1.64. The van der Waals surface area contributed by atoms with Crippen LogP contribution in [0.25, 0.3) is 11.4 Å². The summed E-state index contributed by atoms with van der Waals surface area (Å²) in [5, 5.41) is 13.0. The molecule has 0 bridgehead atoms. The topological polar surface area (TPSA) is 79.8 Å². The number of hydrogen-bond acceptors (Lipinski definition) is 5. The molecule has 0 N–H and O–H groups in total. The Morgan fingerprint density at radius 2 is 1.79 bits per heavy atom. The third-order valence-electron chi connectivity index (χ3n) is 5.91. The maximum Gasteiger partial charge on any atom is 0.368 e.